The molecular weight excluding hydrogens is 458 g/mol. The summed E-state index contributed by atoms with van der Waals surface area (Å²) in [7, 11) is 0. The summed E-state index contributed by atoms with van der Waals surface area (Å²) in [5.74, 6) is -4.43. The largest absolute Gasteiger partial charge is 0.508 e. The Morgan fingerprint density at radius 1 is 0.914 bits per heavy atom. The van der Waals surface area contributed by atoms with Crippen molar-refractivity contribution >= 4 is 29.6 Å². The molecule has 1 aromatic carbocycles. The van der Waals surface area contributed by atoms with Gasteiger partial charge < -0.3 is 37.6 Å². The molecule has 0 radical (unpaired) electrons. The van der Waals surface area contributed by atoms with Gasteiger partial charge in [-0.05, 0) is 37.0 Å². The van der Waals surface area contributed by atoms with Crippen LogP contribution in [0.2, 0.25) is 0 Å². The number of benzene rings is 1. The number of primary amides is 1. The Balaban J connectivity index is 3.18. The molecule has 0 heterocycles. The van der Waals surface area contributed by atoms with Crippen molar-refractivity contribution in [3.05, 3.63) is 29.8 Å². The van der Waals surface area contributed by atoms with Gasteiger partial charge in [0.25, 0.3) is 0 Å². The topological polar surface area (TPSA) is 214 Å². The van der Waals surface area contributed by atoms with Crippen molar-refractivity contribution in [3.63, 3.8) is 0 Å². The SMILES string of the molecule is CCC(C)C(NC(=O)C(Cc1ccc(O)cc1)NC(=O)C(CCC(N)=O)NC(=O)C(C)N)C(=O)O. The molecule has 0 fully saturated rings. The Kier molecular flexibility index (Phi) is 11.7. The van der Waals surface area contributed by atoms with Crippen molar-refractivity contribution in [3.8, 4) is 5.75 Å². The molecule has 5 atom stereocenters. The Hall–Kier alpha value is -3.67. The molecule has 9 N–H and O–H groups in total. The first kappa shape index (κ1) is 29.4. The van der Waals surface area contributed by atoms with Crippen LogP contribution in [-0.4, -0.2) is 64.0 Å². The van der Waals surface area contributed by atoms with E-state index in [-0.39, 0.29) is 30.9 Å². The van der Waals surface area contributed by atoms with Gasteiger partial charge in [-0.1, -0.05) is 32.4 Å². The first-order valence-corrected chi connectivity index (χ1v) is 11.3. The summed E-state index contributed by atoms with van der Waals surface area (Å²) in [6.45, 7) is 4.88. The van der Waals surface area contributed by atoms with E-state index in [1.165, 1.54) is 19.1 Å². The molecule has 35 heavy (non-hydrogen) atoms. The summed E-state index contributed by atoms with van der Waals surface area (Å²) < 4.78 is 0. The lowest BCUT2D eigenvalue weighted by Crippen LogP contribution is -2.58. The van der Waals surface area contributed by atoms with Crippen LogP contribution in [0.3, 0.4) is 0 Å². The minimum atomic E-state index is -1.22. The summed E-state index contributed by atoms with van der Waals surface area (Å²) in [6, 6.07) is 1.37. The monoisotopic (exact) mass is 493 g/mol. The average Bonchev–Trinajstić information content (AvgIpc) is 2.79. The number of carbonyl (C=O) groups excluding carboxylic acids is 4. The van der Waals surface area contributed by atoms with Gasteiger partial charge in [-0.3, -0.25) is 19.2 Å². The Morgan fingerprint density at radius 2 is 1.46 bits per heavy atom. The molecule has 4 amide bonds. The third-order valence-corrected chi connectivity index (χ3v) is 5.51. The number of amides is 4. The van der Waals surface area contributed by atoms with Gasteiger partial charge in [0.2, 0.25) is 23.6 Å². The third kappa shape index (κ3) is 10.0. The quantitative estimate of drug-likeness (QED) is 0.172. The van der Waals surface area contributed by atoms with Crippen molar-refractivity contribution in [1.82, 2.24) is 16.0 Å². The first-order chi connectivity index (χ1) is 16.3. The van der Waals surface area contributed by atoms with Crippen molar-refractivity contribution in [2.24, 2.45) is 17.4 Å². The molecule has 1 aromatic rings. The Bertz CT molecular complexity index is 904. The van der Waals surface area contributed by atoms with Crippen LogP contribution >= 0.6 is 0 Å². The predicted octanol–water partition coefficient (Wildman–Crippen LogP) is -0.867. The van der Waals surface area contributed by atoms with Crippen LogP contribution in [0.15, 0.2) is 24.3 Å². The fourth-order valence-electron chi connectivity index (χ4n) is 3.14. The van der Waals surface area contributed by atoms with Crippen molar-refractivity contribution < 1.29 is 34.2 Å². The Morgan fingerprint density at radius 3 is 1.94 bits per heavy atom. The number of aromatic hydroxyl groups is 1. The van der Waals surface area contributed by atoms with E-state index in [1.54, 1.807) is 26.0 Å². The number of phenolic OH excluding ortho intramolecular Hbond substituents is 1. The van der Waals surface area contributed by atoms with Crippen LogP contribution in [0.25, 0.3) is 0 Å². The molecule has 12 nitrogen and oxygen atoms in total. The molecule has 0 aromatic heterocycles. The number of aliphatic carboxylic acids is 1. The zero-order valence-electron chi connectivity index (χ0n) is 20.1. The normalized spacial score (nSPS) is 15.1. The average molecular weight is 494 g/mol. The fourth-order valence-corrected chi connectivity index (χ4v) is 3.14. The summed E-state index contributed by atoms with van der Waals surface area (Å²) >= 11 is 0. The minimum absolute atomic E-state index is 0.00614. The number of nitrogens with one attached hydrogen (secondary N) is 3. The van der Waals surface area contributed by atoms with E-state index in [4.69, 9.17) is 11.5 Å². The second kappa shape index (κ2) is 13.9. The maximum atomic E-state index is 13.1. The molecule has 5 unspecified atom stereocenters. The van der Waals surface area contributed by atoms with E-state index in [1.807, 2.05) is 0 Å². The lowest BCUT2D eigenvalue weighted by Gasteiger charge is -2.26. The fraction of sp³-hybridized carbons (Fsp3) is 0.522. The van der Waals surface area contributed by atoms with Crippen molar-refractivity contribution in [1.29, 1.82) is 0 Å². The Labute approximate surface area is 203 Å². The lowest BCUT2D eigenvalue weighted by atomic mass is 9.98. The smallest absolute Gasteiger partial charge is 0.326 e. The zero-order chi connectivity index (χ0) is 26.7. The second-order valence-electron chi connectivity index (χ2n) is 8.50. The zero-order valence-corrected chi connectivity index (χ0v) is 20.1. The number of hydrogen-bond acceptors (Lipinski definition) is 7. The second-order valence-corrected chi connectivity index (χ2v) is 8.50. The van der Waals surface area contributed by atoms with Crippen LogP contribution in [0, 0.1) is 5.92 Å². The van der Waals surface area contributed by atoms with Gasteiger partial charge in [-0.15, -0.1) is 0 Å². The molecule has 0 spiro atoms. The molecule has 0 bridgehead atoms. The van der Waals surface area contributed by atoms with Crippen LogP contribution < -0.4 is 27.4 Å². The van der Waals surface area contributed by atoms with E-state index >= 15 is 0 Å². The summed E-state index contributed by atoms with van der Waals surface area (Å²) in [5.41, 5.74) is 11.3. The van der Waals surface area contributed by atoms with Gasteiger partial charge in [0.1, 0.15) is 23.9 Å². The van der Waals surface area contributed by atoms with Gasteiger partial charge >= 0.3 is 5.97 Å². The van der Waals surface area contributed by atoms with E-state index < -0.39 is 53.8 Å². The number of carboxylic acids is 1. The number of phenols is 1. The minimum Gasteiger partial charge on any atom is -0.508 e. The van der Waals surface area contributed by atoms with Crippen LogP contribution in [-0.2, 0) is 30.4 Å². The molecule has 0 aliphatic heterocycles. The molecule has 0 aliphatic rings. The molecule has 12 heteroatoms. The molecule has 0 aliphatic carbocycles. The third-order valence-electron chi connectivity index (χ3n) is 5.51. The highest BCUT2D eigenvalue weighted by Gasteiger charge is 2.32. The number of rotatable bonds is 14. The number of carbonyl (C=O) groups is 5. The lowest BCUT2D eigenvalue weighted by molar-refractivity contribution is -0.143. The van der Waals surface area contributed by atoms with Gasteiger partial charge in [0.15, 0.2) is 0 Å². The first-order valence-electron chi connectivity index (χ1n) is 11.3. The molecule has 194 valence electrons. The molecule has 0 saturated carbocycles. The van der Waals surface area contributed by atoms with Crippen molar-refractivity contribution in [2.45, 2.75) is 70.6 Å². The van der Waals surface area contributed by atoms with E-state index in [9.17, 15) is 34.2 Å². The highest BCUT2D eigenvalue weighted by atomic mass is 16.4. The van der Waals surface area contributed by atoms with E-state index in [2.05, 4.69) is 16.0 Å². The summed E-state index contributed by atoms with van der Waals surface area (Å²) in [4.78, 5) is 61.1. The van der Waals surface area contributed by atoms with Gasteiger partial charge in [0, 0.05) is 12.8 Å². The number of hydrogen-bond donors (Lipinski definition) is 7. The number of nitrogens with two attached hydrogens (primary N) is 2. The maximum absolute atomic E-state index is 13.1. The highest BCUT2D eigenvalue weighted by Crippen LogP contribution is 2.13. The van der Waals surface area contributed by atoms with Crippen LogP contribution in [0.1, 0.15) is 45.6 Å². The summed E-state index contributed by atoms with van der Waals surface area (Å²) in [6.07, 6.45) is 0.123. The molecule has 0 saturated heterocycles. The van der Waals surface area contributed by atoms with Crippen LogP contribution in [0.5, 0.6) is 5.75 Å². The van der Waals surface area contributed by atoms with Gasteiger partial charge in [-0.2, -0.15) is 0 Å². The molecular formula is C23H35N5O7. The van der Waals surface area contributed by atoms with E-state index in [0.717, 1.165) is 0 Å². The summed E-state index contributed by atoms with van der Waals surface area (Å²) in [5, 5.41) is 26.5. The van der Waals surface area contributed by atoms with Gasteiger partial charge in [-0.25, -0.2) is 4.79 Å². The predicted molar refractivity (Wildman–Crippen MR) is 127 cm³/mol. The maximum Gasteiger partial charge on any atom is 0.326 e. The highest BCUT2D eigenvalue weighted by molar-refractivity contribution is 5.94. The standard InChI is InChI=1S/C23H35N5O7/c1-4-12(2)19(23(34)35)28-22(33)17(11-14-5-7-15(29)8-6-14)27-21(32)16(9-10-18(25)30)26-20(31)13(3)24/h5-8,12-13,16-17,19,29H,4,9-11,24H2,1-3H3,(H2,25,30)(H,26,31)(H,27,32)(H,28,33)(H,34,35). The van der Waals surface area contributed by atoms with Crippen molar-refractivity contribution in [2.75, 3.05) is 0 Å². The van der Waals surface area contributed by atoms with Gasteiger partial charge in [0.05, 0.1) is 6.04 Å². The number of carboxylic acid groups (broad SMARTS) is 1. The molecule has 1 rings (SSSR count). The van der Waals surface area contributed by atoms with Crippen LogP contribution in [0.4, 0.5) is 0 Å². The van der Waals surface area contributed by atoms with E-state index in [0.29, 0.717) is 12.0 Å².